The first-order valence-electron chi connectivity index (χ1n) is 5.69. The summed E-state index contributed by atoms with van der Waals surface area (Å²) in [6, 6.07) is 1.56. The Hall–Kier alpha value is -1.91. The molecule has 0 saturated heterocycles. The van der Waals surface area contributed by atoms with Crippen LogP contribution in [-0.4, -0.2) is 16.8 Å². The van der Waals surface area contributed by atoms with Gasteiger partial charge in [0.2, 0.25) is 5.91 Å². The van der Waals surface area contributed by atoms with Gasteiger partial charge in [0, 0.05) is 11.8 Å². The zero-order valence-corrected chi connectivity index (χ0v) is 9.48. The monoisotopic (exact) mass is 233 g/mol. The van der Waals surface area contributed by atoms with Gasteiger partial charge < -0.3 is 11.5 Å². The van der Waals surface area contributed by atoms with Gasteiger partial charge in [-0.15, -0.1) is 0 Å². The van der Waals surface area contributed by atoms with Crippen LogP contribution in [0, 0.1) is 0 Å². The van der Waals surface area contributed by atoms with E-state index in [0.29, 0.717) is 11.1 Å². The molecule has 0 aliphatic heterocycles. The molecule has 4 N–H and O–H groups in total. The van der Waals surface area contributed by atoms with E-state index in [4.69, 9.17) is 11.5 Å². The number of aromatic nitrogens is 1. The zero-order valence-electron chi connectivity index (χ0n) is 9.48. The Balaban J connectivity index is 2.57. The summed E-state index contributed by atoms with van der Waals surface area (Å²) in [7, 11) is 0. The molecule has 1 saturated carbocycles. The van der Waals surface area contributed by atoms with Gasteiger partial charge in [-0.25, -0.2) is 0 Å². The van der Waals surface area contributed by atoms with Gasteiger partial charge in [-0.2, -0.15) is 0 Å². The molecule has 2 amide bonds. The minimum absolute atomic E-state index is 0.175. The van der Waals surface area contributed by atoms with E-state index in [1.807, 2.05) is 0 Å². The number of rotatable bonds is 3. The second kappa shape index (κ2) is 4.53. The lowest BCUT2D eigenvalue weighted by Crippen LogP contribution is -2.22. The van der Waals surface area contributed by atoms with Crippen LogP contribution in [0.2, 0.25) is 0 Å². The quantitative estimate of drug-likeness (QED) is 0.812. The lowest BCUT2D eigenvalue weighted by Gasteiger charge is -2.15. The van der Waals surface area contributed by atoms with Crippen LogP contribution in [-0.2, 0) is 0 Å². The predicted octanol–water partition coefficient (Wildman–Crippen LogP) is 0.937. The van der Waals surface area contributed by atoms with Gasteiger partial charge in [-0.1, -0.05) is 12.8 Å². The van der Waals surface area contributed by atoms with Crippen LogP contribution in [0.5, 0.6) is 0 Å². The molecular formula is C12H15N3O2. The first-order chi connectivity index (χ1) is 8.11. The Morgan fingerprint density at radius 1 is 1.18 bits per heavy atom. The van der Waals surface area contributed by atoms with E-state index in [0.717, 1.165) is 25.7 Å². The highest BCUT2D eigenvalue weighted by Crippen LogP contribution is 2.36. The minimum atomic E-state index is -0.602. The Morgan fingerprint density at radius 3 is 2.35 bits per heavy atom. The van der Waals surface area contributed by atoms with Gasteiger partial charge in [-0.05, 0) is 30.4 Å². The number of primary amides is 2. The van der Waals surface area contributed by atoms with Crippen molar-refractivity contribution in [2.75, 3.05) is 0 Å². The molecule has 1 fully saturated rings. The molecule has 5 nitrogen and oxygen atoms in total. The molecular weight excluding hydrogens is 218 g/mol. The van der Waals surface area contributed by atoms with E-state index in [-0.39, 0.29) is 11.6 Å². The number of amides is 2. The summed E-state index contributed by atoms with van der Waals surface area (Å²) in [6.07, 6.45) is 5.49. The Bertz CT molecular complexity index is 433. The largest absolute Gasteiger partial charge is 0.366 e. The van der Waals surface area contributed by atoms with Gasteiger partial charge in [-0.3, -0.25) is 14.6 Å². The molecule has 5 heteroatoms. The fraction of sp³-hybridized carbons (Fsp3) is 0.417. The summed E-state index contributed by atoms with van der Waals surface area (Å²) in [5.74, 6) is -0.958. The van der Waals surface area contributed by atoms with Crippen LogP contribution in [0.1, 0.15) is 58.0 Å². The van der Waals surface area contributed by atoms with E-state index in [2.05, 4.69) is 4.98 Å². The van der Waals surface area contributed by atoms with Gasteiger partial charge in [0.05, 0.1) is 0 Å². The molecule has 0 radical (unpaired) electrons. The smallest absolute Gasteiger partial charge is 0.267 e. The summed E-state index contributed by atoms with van der Waals surface area (Å²) >= 11 is 0. The van der Waals surface area contributed by atoms with Crippen molar-refractivity contribution in [3.05, 3.63) is 29.1 Å². The van der Waals surface area contributed by atoms with Gasteiger partial charge in [0.1, 0.15) is 5.69 Å². The molecule has 0 bridgehead atoms. The van der Waals surface area contributed by atoms with Crippen molar-refractivity contribution in [2.24, 2.45) is 11.5 Å². The van der Waals surface area contributed by atoms with Crippen LogP contribution in [0.3, 0.4) is 0 Å². The van der Waals surface area contributed by atoms with E-state index in [9.17, 15) is 9.59 Å². The minimum Gasteiger partial charge on any atom is -0.366 e. The highest BCUT2D eigenvalue weighted by Gasteiger charge is 2.27. The molecule has 1 aromatic rings. The lowest BCUT2D eigenvalue weighted by molar-refractivity contribution is 0.0994. The lowest BCUT2D eigenvalue weighted by atomic mass is 9.91. The molecule has 1 aliphatic rings. The predicted molar refractivity (Wildman–Crippen MR) is 62.5 cm³/mol. The summed E-state index contributed by atoms with van der Waals surface area (Å²) in [5.41, 5.74) is 11.8. The van der Waals surface area contributed by atoms with Crippen molar-refractivity contribution in [3.8, 4) is 0 Å². The number of hydrogen-bond donors (Lipinski definition) is 2. The molecule has 0 spiro atoms. The third-order valence-electron chi connectivity index (χ3n) is 3.25. The van der Waals surface area contributed by atoms with E-state index < -0.39 is 11.8 Å². The molecule has 1 heterocycles. The van der Waals surface area contributed by atoms with Crippen molar-refractivity contribution < 1.29 is 9.59 Å². The summed E-state index contributed by atoms with van der Waals surface area (Å²) < 4.78 is 0. The van der Waals surface area contributed by atoms with Gasteiger partial charge in [0.15, 0.2) is 0 Å². The van der Waals surface area contributed by atoms with Crippen molar-refractivity contribution in [1.29, 1.82) is 0 Å². The number of nitrogens with two attached hydrogens (primary N) is 2. The van der Waals surface area contributed by atoms with Crippen molar-refractivity contribution in [1.82, 2.24) is 4.98 Å². The third-order valence-corrected chi connectivity index (χ3v) is 3.25. The molecule has 0 aromatic carbocycles. The summed E-state index contributed by atoms with van der Waals surface area (Å²) in [6.45, 7) is 0. The highest BCUT2D eigenvalue weighted by atomic mass is 16.1. The molecule has 0 unspecified atom stereocenters. The van der Waals surface area contributed by atoms with Crippen LogP contribution >= 0.6 is 0 Å². The fourth-order valence-corrected chi connectivity index (χ4v) is 2.51. The Kier molecular flexibility index (Phi) is 3.08. The topological polar surface area (TPSA) is 99.1 Å². The highest BCUT2D eigenvalue weighted by molar-refractivity contribution is 6.00. The number of nitrogens with zero attached hydrogens (tertiary/aromatic N) is 1. The summed E-state index contributed by atoms with van der Waals surface area (Å²) in [4.78, 5) is 26.7. The van der Waals surface area contributed by atoms with Gasteiger partial charge >= 0.3 is 0 Å². The third kappa shape index (κ3) is 2.13. The van der Waals surface area contributed by atoms with Crippen molar-refractivity contribution in [2.45, 2.75) is 31.6 Å². The number of carbonyl (C=O) groups excluding carboxylic acids is 2. The first-order valence-corrected chi connectivity index (χ1v) is 5.69. The average Bonchev–Trinajstić information content (AvgIpc) is 2.80. The molecule has 17 heavy (non-hydrogen) atoms. The van der Waals surface area contributed by atoms with Crippen LogP contribution in [0.4, 0.5) is 0 Å². The maximum absolute atomic E-state index is 11.4. The molecule has 0 atom stereocenters. The van der Waals surface area contributed by atoms with Gasteiger partial charge in [0.25, 0.3) is 5.91 Å². The van der Waals surface area contributed by atoms with E-state index in [1.165, 1.54) is 6.20 Å². The van der Waals surface area contributed by atoms with E-state index >= 15 is 0 Å². The molecule has 1 aromatic heterocycles. The first kappa shape index (κ1) is 11.6. The average molecular weight is 233 g/mol. The zero-order chi connectivity index (χ0) is 12.4. The molecule has 1 aliphatic carbocycles. The Labute approximate surface area is 99.2 Å². The SMILES string of the molecule is NC(=O)c1ccnc(C(N)=O)c1C1CCCC1. The van der Waals surface area contributed by atoms with Crippen LogP contribution in [0.25, 0.3) is 0 Å². The van der Waals surface area contributed by atoms with Crippen molar-refractivity contribution in [3.63, 3.8) is 0 Å². The fourth-order valence-electron chi connectivity index (χ4n) is 2.51. The second-order valence-corrected chi connectivity index (χ2v) is 4.33. The molecule has 90 valence electrons. The molecule has 2 rings (SSSR count). The maximum atomic E-state index is 11.4. The van der Waals surface area contributed by atoms with Crippen LogP contribution in [0.15, 0.2) is 12.3 Å². The number of pyridine rings is 1. The number of hydrogen-bond acceptors (Lipinski definition) is 3. The summed E-state index contributed by atoms with van der Waals surface area (Å²) in [5, 5.41) is 0. The van der Waals surface area contributed by atoms with E-state index in [1.54, 1.807) is 6.07 Å². The number of carbonyl (C=O) groups is 2. The second-order valence-electron chi connectivity index (χ2n) is 4.33. The standard InChI is InChI=1S/C12H15N3O2/c13-11(16)8-5-6-15-10(12(14)17)9(8)7-3-1-2-4-7/h5-7H,1-4H2,(H2,13,16)(H2,14,17). The Morgan fingerprint density at radius 2 is 1.82 bits per heavy atom. The maximum Gasteiger partial charge on any atom is 0.267 e. The van der Waals surface area contributed by atoms with Crippen LogP contribution < -0.4 is 11.5 Å². The van der Waals surface area contributed by atoms with Crippen molar-refractivity contribution >= 4 is 11.8 Å². The normalized spacial score (nSPS) is 16.0.